The minimum Gasteiger partial charge on any atom is -0.468 e. The summed E-state index contributed by atoms with van der Waals surface area (Å²) in [5.41, 5.74) is 0. The average molecular weight is 187 g/mol. The highest BCUT2D eigenvalue weighted by Gasteiger charge is 2.05. The van der Waals surface area contributed by atoms with E-state index in [1.54, 1.807) is 6.92 Å². The maximum atomic E-state index is 10.8. The second-order valence-electron chi connectivity index (χ2n) is 2.16. The van der Waals surface area contributed by atoms with Crippen LogP contribution in [-0.2, 0) is 16.1 Å². The maximum absolute atomic E-state index is 10.8. The molecule has 1 rings (SSSR count). The van der Waals surface area contributed by atoms with Gasteiger partial charge in [0.15, 0.2) is 0 Å². The van der Waals surface area contributed by atoms with Crippen LogP contribution in [0.5, 0.6) is 0 Å². The molecule has 0 bridgehead atoms. The fraction of sp³-hybridized carbons (Fsp3) is 0.500. The lowest BCUT2D eigenvalue weighted by Gasteiger charge is -1.97. The van der Waals surface area contributed by atoms with E-state index in [0.29, 0.717) is 0 Å². The molecule has 1 aromatic rings. The van der Waals surface area contributed by atoms with Gasteiger partial charge in [0.05, 0.1) is 7.11 Å². The highest BCUT2D eigenvalue weighted by Crippen LogP contribution is 1.94. The Morgan fingerprint density at radius 2 is 2.50 bits per heavy atom. The Morgan fingerprint density at radius 3 is 2.92 bits per heavy atom. The molecule has 0 saturated heterocycles. The van der Waals surface area contributed by atoms with Crippen molar-refractivity contribution in [1.82, 2.24) is 9.78 Å². The highest BCUT2D eigenvalue weighted by atomic mass is 32.1. The van der Waals surface area contributed by atoms with E-state index >= 15 is 0 Å². The molecule has 6 heteroatoms. The number of hydrogen-bond acceptors (Lipinski definition) is 5. The molecule has 0 saturated carbocycles. The van der Waals surface area contributed by atoms with E-state index in [-0.39, 0.29) is 17.3 Å². The number of aryl methyl sites for hydroxylation is 1. The van der Waals surface area contributed by atoms with Crippen molar-refractivity contribution in [3.8, 4) is 0 Å². The number of hydrogen-bond donors (Lipinski definition) is 1. The molecule has 1 aromatic heterocycles. The van der Waals surface area contributed by atoms with E-state index in [1.807, 2.05) is 0 Å². The molecule has 0 aliphatic heterocycles. The van der Waals surface area contributed by atoms with Crippen molar-refractivity contribution in [3.63, 3.8) is 0 Å². The van der Waals surface area contributed by atoms with Crippen LogP contribution in [0.3, 0.4) is 0 Å². The smallest absolute Gasteiger partial charge is 0.327 e. The molecule has 12 heavy (non-hydrogen) atoms. The second-order valence-corrected chi connectivity index (χ2v) is 3.34. The van der Waals surface area contributed by atoms with Crippen molar-refractivity contribution < 1.29 is 9.53 Å². The van der Waals surface area contributed by atoms with Gasteiger partial charge >= 0.3 is 5.97 Å². The van der Waals surface area contributed by atoms with Gasteiger partial charge in [-0.05, 0) is 6.92 Å². The number of aromatic nitrogens is 2. The van der Waals surface area contributed by atoms with Gasteiger partial charge in [-0.2, -0.15) is 5.10 Å². The van der Waals surface area contributed by atoms with E-state index in [9.17, 15) is 4.79 Å². The van der Waals surface area contributed by atoms with Gasteiger partial charge in [-0.25, -0.2) is 4.68 Å². The first-order chi connectivity index (χ1) is 5.63. The van der Waals surface area contributed by atoms with Crippen LogP contribution in [-0.4, -0.2) is 22.9 Å². The Hall–Kier alpha value is -1.17. The van der Waals surface area contributed by atoms with E-state index < -0.39 is 0 Å². The first-order valence-electron chi connectivity index (χ1n) is 3.29. The molecule has 0 unspecified atom stereocenters. The molecule has 1 N–H and O–H groups in total. The fourth-order valence-corrected chi connectivity index (χ4v) is 1.35. The van der Waals surface area contributed by atoms with Gasteiger partial charge in [0.1, 0.15) is 11.6 Å². The number of carbonyl (C=O) groups is 1. The van der Waals surface area contributed by atoms with E-state index in [1.165, 1.54) is 23.1 Å². The number of ether oxygens (including phenoxy) is 1. The Bertz CT molecular complexity index is 341. The quantitative estimate of drug-likeness (QED) is 0.658. The van der Waals surface area contributed by atoms with Gasteiger partial charge < -0.3 is 4.74 Å². The lowest BCUT2D eigenvalue weighted by Crippen LogP contribution is -2.21. The maximum Gasteiger partial charge on any atom is 0.327 e. The summed E-state index contributed by atoms with van der Waals surface area (Å²) in [7, 11) is 1.31. The lowest BCUT2D eigenvalue weighted by molar-refractivity contribution is -0.141. The molecule has 0 fully saturated rings. The van der Waals surface area contributed by atoms with Crippen LogP contribution >= 0.6 is 11.3 Å². The average Bonchev–Trinajstić information content (AvgIpc) is 2.30. The van der Waals surface area contributed by atoms with Crippen LogP contribution in [0.1, 0.15) is 5.01 Å². The predicted octanol–water partition coefficient (Wildman–Crippen LogP) is -0.0945. The van der Waals surface area contributed by atoms with Crippen molar-refractivity contribution in [2.75, 3.05) is 7.11 Å². The van der Waals surface area contributed by atoms with Gasteiger partial charge in [0.2, 0.25) is 4.80 Å². The summed E-state index contributed by atoms with van der Waals surface area (Å²) < 4.78 is 5.75. The lowest BCUT2D eigenvalue weighted by atomic mass is 10.7. The van der Waals surface area contributed by atoms with Crippen LogP contribution in [0.4, 0.5) is 0 Å². The SMILES string of the molecule is COC(=O)Cn1nc(C)sc1=N. The second kappa shape index (κ2) is 3.48. The van der Waals surface area contributed by atoms with Crippen molar-refractivity contribution >= 4 is 17.3 Å². The molecule has 66 valence electrons. The predicted molar refractivity (Wildman–Crippen MR) is 42.7 cm³/mol. The molecule has 1 heterocycles. The van der Waals surface area contributed by atoms with Gasteiger partial charge in [-0.3, -0.25) is 10.2 Å². The number of carbonyl (C=O) groups excluding carboxylic acids is 1. The molecule has 0 aromatic carbocycles. The van der Waals surface area contributed by atoms with Crippen LogP contribution < -0.4 is 4.80 Å². The summed E-state index contributed by atoms with van der Waals surface area (Å²) in [4.78, 5) is 11.0. The number of nitrogens with one attached hydrogen (secondary N) is 1. The number of methoxy groups -OCH3 is 1. The van der Waals surface area contributed by atoms with Gasteiger partial charge in [0.25, 0.3) is 0 Å². The van der Waals surface area contributed by atoms with Crippen LogP contribution in [0.2, 0.25) is 0 Å². The summed E-state index contributed by atoms with van der Waals surface area (Å²) in [6.45, 7) is 1.80. The molecule has 0 aliphatic carbocycles. The molecule has 0 amide bonds. The first kappa shape index (κ1) is 8.92. The summed E-state index contributed by atoms with van der Waals surface area (Å²) >= 11 is 1.23. The number of esters is 1. The normalized spacial score (nSPS) is 9.83. The third-order valence-corrected chi connectivity index (χ3v) is 2.03. The summed E-state index contributed by atoms with van der Waals surface area (Å²) in [5, 5.41) is 12.1. The first-order valence-corrected chi connectivity index (χ1v) is 4.11. The number of rotatable bonds is 2. The number of nitrogens with zero attached hydrogens (tertiary/aromatic N) is 2. The molecule has 0 aliphatic rings. The Labute approximate surface area is 73.1 Å². The van der Waals surface area contributed by atoms with Crippen LogP contribution in [0, 0.1) is 12.3 Å². The topological polar surface area (TPSA) is 68.0 Å². The highest BCUT2D eigenvalue weighted by molar-refractivity contribution is 7.08. The molecule has 0 atom stereocenters. The van der Waals surface area contributed by atoms with Crippen molar-refractivity contribution in [2.45, 2.75) is 13.5 Å². The zero-order valence-corrected chi connectivity index (χ0v) is 7.64. The van der Waals surface area contributed by atoms with Gasteiger partial charge in [0, 0.05) is 0 Å². The monoisotopic (exact) mass is 187 g/mol. The minimum atomic E-state index is -0.390. The molecule has 0 spiro atoms. The van der Waals surface area contributed by atoms with Gasteiger partial charge in [-0.1, -0.05) is 11.3 Å². The van der Waals surface area contributed by atoms with Crippen molar-refractivity contribution in [2.24, 2.45) is 0 Å². The largest absolute Gasteiger partial charge is 0.468 e. The molecular formula is C6H9N3O2S. The zero-order chi connectivity index (χ0) is 9.14. The molecule has 5 nitrogen and oxygen atoms in total. The summed E-state index contributed by atoms with van der Waals surface area (Å²) in [6.07, 6.45) is 0. The Balaban J connectivity index is 2.82. The molecular weight excluding hydrogens is 178 g/mol. The van der Waals surface area contributed by atoms with Crippen molar-refractivity contribution in [1.29, 1.82) is 5.41 Å². The van der Waals surface area contributed by atoms with E-state index in [0.717, 1.165) is 5.01 Å². The van der Waals surface area contributed by atoms with E-state index in [2.05, 4.69) is 9.84 Å². The third-order valence-electron chi connectivity index (χ3n) is 1.25. The van der Waals surface area contributed by atoms with Crippen LogP contribution in [0.15, 0.2) is 0 Å². The minimum absolute atomic E-state index is 0.0136. The Kier molecular flexibility index (Phi) is 2.59. The Morgan fingerprint density at radius 1 is 1.83 bits per heavy atom. The van der Waals surface area contributed by atoms with Crippen LogP contribution in [0.25, 0.3) is 0 Å². The summed E-state index contributed by atoms with van der Waals surface area (Å²) in [6, 6.07) is 0. The summed E-state index contributed by atoms with van der Waals surface area (Å²) in [5.74, 6) is -0.390. The zero-order valence-electron chi connectivity index (χ0n) is 6.83. The third kappa shape index (κ3) is 1.91. The standard InChI is InChI=1S/C6H9N3O2S/c1-4-8-9(6(7)12-4)3-5(10)11-2/h7H,3H2,1-2H3. The molecule has 0 radical (unpaired) electrons. The van der Waals surface area contributed by atoms with Crippen molar-refractivity contribution in [3.05, 3.63) is 9.81 Å². The fourth-order valence-electron chi connectivity index (χ4n) is 0.722. The van der Waals surface area contributed by atoms with E-state index in [4.69, 9.17) is 5.41 Å². The van der Waals surface area contributed by atoms with Gasteiger partial charge in [-0.15, -0.1) is 0 Å².